The number of hydrogen-bond donors (Lipinski definition) is 2. The normalized spacial score (nSPS) is 12.1. The van der Waals surface area contributed by atoms with E-state index in [0.717, 1.165) is 18.5 Å². The summed E-state index contributed by atoms with van der Waals surface area (Å²) in [5.74, 6) is 0.241. The van der Waals surface area contributed by atoms with E-state index in [1.165, 1.54) is 6.33 Å². The van der Waals surface area contributed by atoms with E-state index < -0.39 is 11.9 Å². The molecule has 15 heavy (non-hydrogen) atoms. The first kappa shape index (κ1) is 11.4. The second-order valence-corrected chi connectivity index (χ2v) is 3.41. The minimum atomic E-state index is -0.422. The molecular weight excluding hydrogens is 192 g/mol. The smallest absolute Gasteiger partial charge is 0.239 e. The van der Waals surface area contributed by atoms with Gasteiger partial charge >= 0.3 is 0 Å². The number of amides is 1. The Kier molecular flexibility index (Phi) is 4.03. The number of nitrogens with zero attached hydrogens (tertiary/aromatic N) is 2. The second kappa shape index (κ2) is 5.29. The molecule has 0 saturated heterocycles. The lowest BCUT2D eigenvalue weighted by atomic mass is 10.2. The fourth-order valence-electron chi connectivity index (χ4n) is 1.16. The van der Waals surface area contributed by atoms with Crippen molar-refractivity contribution in [1.82, 2.24) is 9.97 Å². The van der Waals surface area contributed by atoms with E-state index in [0.29, 0.717) is 5.82 Å². The Bertz CT molecular complexity index is 340. The lowest BCUT2D eigenvalue weighted by Gasteiger charge is -2.10. The van der Waals surface area contributed by atoms with Crippen LogP contribution in [0, 0.1) is 0 Å². The molecule has 0 radical (unpaired) electrons. The largest absolute Gasteiger partial charge is 0.368 e. The molecule has 0 aromatic carbocycles. The Hall–Kier alpha value is -1.65. The van der Waals surface area contributed by atoms with Gasteiger partial charge < -0.3 is 11.1 Å². The fraction of sp³-hybridized carbons (Fsp3) is 0.500. The summed E-state index contributed by atoms with van der Waals surface area (Å²) in [6.45, 7) is 3.78. The number of aromatic nitrogens is 2. The zero-order valence-corrected chi connectivity index (χ0v) is 9.03. The highest BCUT2D eigenvalue weighted by molar-refractivity contribution is 5.82. The SMILES string of the molecule is CCCc1cc(NC(C)C(N)=O)ncn1. The van der Waals surface area contributed by atoms with E-state index in [1.54, 1.807) is 6.92 Å². The molecule has 0 aliphatic rings. The standard InChI is InChI=1S/C10H16N4O/c1-3-4-8-5-9(13-6-12-8)14-7(2)10(11)15/h5-7H,3-4H2,1-2H3,(H2,11,15)(H,12,13,14). The molecule has 5 heteroatoms. The van der Waals surface area contributed by atoms with Gasteiger partial charge in [0.15, 0.2) is 0 Å². The maximum absolute atomic E-state index is 10.8. The van der Waals surface area contributed by atoms with Crippen LogP contribution in [-0.4, -0.2) is 21.9 Å². The number of carbonyl (C=O) groups is 1. The number of rotatable bonds is 5. The molecule has 0 aliphatic heterocycles. The van der Waals surface area contributed by atoms with Crippen LogP contribution in [0.15, 0.2) is 12.4 Å². The monoisotopic (exact) mass is 208 g/mol. The minimum Gasteiger partial charge on any atom is -0.368 e. The van der Waals surface area contributed by atoms with Crippen molar-refractivity contribution in [2.24, 2.45) is 5.73 Å². The second-order valence-electron chi connectivity index (χ2n) is 3.41. The molecule has 0 saturated carbocycles. The molecule has 0 bridgehead atoms. The highest BCUT2D eigenvalue weighted by Gasteiger charge is 2.08. The number of carbonyl (C=O) groups excluding carboxylic acids is 1. The Morgan fingerprint density at radius 1 is 1.60 bits per heavy atom. The molecule has 0 spiro atoms. The van der Waals surface area contributed by atoms with Gasteiger partial charge in [0.2, 0.25) is 5.91 Å². The number of anilines is 1. The molecule has 82 valence electrons. The molecule has 1 rings (SSSR count). The number of aryl methyl sites for hydroxylation is 1. The predicted octanol–water partition coefficient (Wildman–Crippen LogP) is 0.715. The van der Waals surface area contributed by atoms with Crippen LogP contribution in [-0.2, 0) is 11.2 Å². The summed E-state index contributed by atoms with van der Waals surface area (Å²) in [5.41, 5.74) is 6.10. The van der Waals surface area contributed by atoms with Crippen molar-refractivity contribution in [3.63, 3.8) is 0 Å². The van der Waals surface area contributed by atoms with E-state index in [4.69, 9.17) is 5.73 Å². The molecule has 0 aliphatic carbocycles. The molecule has 1 amide bonds. The van der Waals surface area contributed by atoms with Crippen LogP contribution in [0.3, 0.4) is 0 Å². The van der Waals surface area contributed by atoms with Gasteiger partial charge in [-0.05, 0) is 13.3 Å². The molecule has 1 unspecified atom stereocenters. The number of nitrogens with two attached hydrogens (primary N) is 1. The first-order valence-corrected chi connectivity index (χ1v) is 5.00. The number of nitrogens with one attached hydrogen (secondary N) is 1. The third kappa shape index (κ3) is 3.53. The van der Waals surface area contributed by atoms with E-state index in [-0.39, 0.29) is 0 Å². The van der Waals surface area contributed by atoms with Crippen molar-refractivity contribution in [3.8, 4) is 0 Å². The molecule has 5 nitrogen and oxygen atoms in total. The van der Waals surface area contributed by atoms with Gasteiger partial charge in [0.1, 0.15) is 18.2 Å². The van der Waals surface area contributed by atoms with Crippen LogP contribution in [0.25, 0.3) is 0 Å². The summed E-state index contributed by atoms with van der Waals surface area (Å²) < 4.78 is 0. The average molecular weight is 208 g/mol. The Morgan fingerprint density at radius 3 is 2.93 bits per heavy atom. The summed E-state index contributed by atoms with van der Waals surface area (Å²) in [6, 6.07) is 1.41. The molecular formula is C10H16N4O. The summed E-state index contributed by atoms with van der Waals surface area (Å²) in [6.07, 6.45) is 3.42. The van der Waals surface area contributed by atoms with Crippen molar-refractivity contribution in [2.75, 3.05) is 5.32 Å². The van der Waals surface area contributed by atoms with Crippen LogP contribution in [0.4, 0.5) is 5.82 Å². The van der Waals surface area contributed by atoms with Crippen molar-refractivity contribution < 1.29 is 4.79 Å². The van der Waals surface area contributed by atoms with Gasteiger partial charge in [-0.3, -0.25) is 4.79 Å². The maximum atomic E-state index is 10.8. The molecule has 1 atom stereocenters. The lowest BCUT2D eigenvalue weighted by molar-refractivity contribution is -0.118. The Labute approximate surface area is 89.1 Å². The van der Waals surface area contributed by atoms with Crippen LogP contribution in [0.2, 0.25) is 0 Å². The molecule has 1 heterocycles. The van der Waals surface area contributed by atoms with Crippen molar-refractivity contribution in [2.45, 2.75) is 32.7 Å². The van der Waals surface area contributed by atoms with Gasteiger partial charge in [-0.15, -0.1) is 0 Å². The highest BCUT2D eigenvalue weighted by Crippen LogP contribution is 2.07. The Morgan fingerprint density at radius 2 is 2.33 bits per heavy atom. The summed E-state index contributed by atoms with van der Waals surface area (Å²) >= 11 is 0. The summed E-state index contributed by atoms with van der Waals surface area (Å²) in [7, 11) is 0. The van der Waals surface area contributed by atoms with Crippen LogP contribution in [0.5, 0.6) is 0 Å². The molecule has 1 aromatic heterocycles. The van der Waals surface area contributed by atoms with Crippen LogP contribution < -0.4 is 11.1 Å². The average Bonchev–Trinajstić information content (AvgIpc) is 2.18. The quantitative estimate of drug-likeness (QED) is 0.747. The lowest BCUT2D eigenvalue weighted by Crippen LogP contribution is -2.32. The Balaban J connectivity index is 2.68. The molecule has 1 aromatic rings. The zero-order valence-electron chi connectivity index (χ0n) is 9.03. The van der Waals surface area contributed by atoms with Gasteiger partial charge in [-0.1, -0.05) is 13.3 Å². The first-order valence-electron chi connectivity index (χ1n) is 5.00. The highest BCUT2D eigenvalue weighted by atomic mass is 16.1. The van der Waals surface area contributed by atoms with Gasteiger partial charge in [0.05, 0.1) is 0 Å². The maximum Gasteiger partial charge on any atom is 0.239 e. The van der Waals surface area contributed by atoms with Gasteiger partial charge in [0.25, 0.3) is 0 Å². The minimum absolute atomic E-state index is 0.398. The van der Waals surface area contributed by atoms with Gasteiger partial charge in [-0.2, -0.15) is 0 Å². The van der Waals surface area contributed by atoms with Crippen molar-refractivity contribution in [3.05, 3.63) is 18.1 Å². The number of primary amides is 1. The van der Waals surface area contributed by atoms with E-state index >= 15 is 0 Å². The van der Waals surface area contributed by atoms with E-state index in [9.17, 15) is 4.79 Å². The number of hydrogen-bond acceptors (Lipinski definition) is 4. The van der Waals surface area contributed by atoms with E-state index in [1.807, 2.05) is 6.07 Å². The molecule has 3 N–H and O–H groups in total. The van der Waals surface area contributed by atoms with Crippen LogP contribution in [0.1, 0.15) is 26.0 Å². The predicted molar refractivity (Wildman–Crippen MR) is 58.3 cm³/mol. The third-order valence-corrected chi connectivity index (χ3v) is 2.02. The third-order valence-electron chi connectivity index (χ3n) is 2.02. The zero-order chi connectivity index (χ0) is 11.3. The van der Waals surface area contributed by atoms with E-state index in [2.05, 4.69) is 22.2 Å². The van der Waals surface area contributed by atoms with Crippen molar-refractivity contribution >= 4 is 11.7 Å². The first-order chi connectivity index (χ1) is 7.13. The van der Waals surface area contributed by atoms with Crippen LogP contribution >= 0.6 is 0 Å². The topological polar surface area (TPSA) is 80.9 Å². The molecule has 0 fully saturated rings. The fourth-order valence-corrected chi connectivity index (χ4v) is 1.16. The van der Waals surface area contributed by atoms with Crippen molar-refractivity contribution in [1.29, 1.82) is 0 Å². The van der Waals surface area contributed by atoms with Gasteiger partial charge in [0, 0.05) is 11.8 Å². The van der Waals surface area contributed by atoms with Gasteiger partial charge in [-0.25, -0.2) is 9.97 Å². The summed E-state index contributed by atoms with van der Waals surface area (Å²) in [5, 5.41) is 2.91. The summed E-state index contributed by atoms with van der Waals surface area (Å²) in [4.78, 5) is 19.0.